The first-order chi connectivity index (χ1) is 11.9. The van der Waals surface area contributed by atoms with Crippen molar-refractivity contribution in [2.45, 2.75) is 33.6 Å². The minimum Gasteiger partial charge on any atom is -0.494 e. The SMILES string of the molecule is CCOc1ccc(NC(=O)[C@@H]2[C@@H](C(=O)O)[C@H]3CC[C@@H]2C3=C(C)C)cc1. The molecule has 0 aromatic heterocycles. The highest BCUT2D eigenvalue weighted by molar-refractivity contribution is 5.96. The molecule has 2 N–H and O–H groups in total. The van der Waals surface area contributed by atoms with Crippen LogP contribution in [0.25, 0.3) is 0 Å². The van der Waals surface area contributed by atoms with Crippen LogP contribution in [0.4, 0.5) is 5.69 Å². The van der Waals surface area contributed by atoms with Gasteiger partial charge in [0, 0.05) is 5.69 Å². The van der Waals surface area contributed by atoms with Crippen LogP contribution in [-0.4, -0.2) is 23.6 Å². The average Bonchev–Trinajstić information content (AvgIpc) is 3.13. The van der Waals surface area contributed by atoms with E-state index in [9.17, 15) is 14.7 Å². The van der Waals surface area contributed by atoms with E-state index in [4.69, 9.17) is 4.74 Å². The van der Waals surface area contributed by atoms with Gasteiger partial charge in [0.2, 0.25) is 5.91 Å². The molecule has 5 heteroatoms. The van der Waals surface area contributed by atoms with E-state index in [1.165, 1.54) is 5.57 Å². The second kappa shape index (κ2) is 6.90. The van der Waals surface area contributed by atoms with Crippen molar-refractivity contribution < 1.29 is 19.4 Å². The lowest BCUT2D eigenvalue weighted by atomic mass is 9.78. The summed E-state index contributed by atoms with van der Waals surface area (Å²) in [5, 5.41) is 12.6. The Balaban J connectivity index is 1.81. The quantitative estimate of drug-likeness (QED) is 0.799. The van der Waals surface area contributed by atoms with Gasteiger partial charge in [-0.3, -0.25) is 9.59 Å². The van der Waals surface area contributed by atoms with Crippen molar-refractivity contribution in [1.82, 2.24) is 0 Å². The first kappa shape index (κ1) is 17.5. The van der Waals surface area contributed by atoms with Gasteiger partial charge in [-0.25, -0.2) is 0 Å². The topological polar surface area (TPSA) is 75.6 Å². The summed E-state index contributed by atoms with van der Waals surface area (Å²) in [7, 11) is 0. The van der Waals surface area contributed by atoms with Gasteiger partial charge in [0.25, 0.3) is 0 Å². The molecule has 0 unspecified atom stereocenters. The van der Waals surface area contributed by atoms with E-state index in [-0.39, 0.29) is 17.7 Å². The first-order valence-corrected chi connectivity index (χ1v) is 8.87. The standard InChI is InChI=1S/C20H25NO4/c1-4-25-13-7-5-12(6-8-13)21-19(22)17-14-9-10-15(16(14)11(2)3)18(17)20(23)24/h5-8,14-15,17-18H,4,9-10H2,1-3H3,(H,21,22)(H,23,24)/t14-,15+,17+,18+/m1/s1. The molecule has 3 rings (SSSR count). The van der Waals surface area contributed by atoms with Crippen molar-refractivity contribution in [2.24, 2.45) is 23.7 Å². The van der Waals surface area contributed by atoms with Crippen molar-refractivity contribution in [2.75, 3.05) is 11.9 Å². The van der Waals surface area contributed by atoms with Crippen LogP contribution in [-0.2, 0) is 9.59 Å². The molecule has 2 aliphatic carbocycles. The number of hydrogen-bond acceptors (Lipinski definition) is 3. The van der Waals surface area contributed by atoms with E-state index in [0.717, 1.165) is 24.2 Å². The monoisotopic (exact) mass is 343 g/mol. The Bertz CT molecular complexity index is 703. The Morgan fingerprint density at radius 2 is 1.72 bits per heavy atom. The summed E-state index contributed by atoms with van der Waals surface area (Å²) in [4.78, 5) is 24.7. The van der Waals surface area contributed by atoms with Crippen LogP contribution in [0.5, 0.6) is 5.75 Å². The number of aliphatic carboxylic acids is 1. The fourth-order valence-electron chi connectivity index (χ4n) is 4.63. The highest BCUT2D eigenvalue weighted by Crippen LogP contribution is 2.57. The van der Waals surface area contributed by atoms with Gasteiger partial charge in [0.05, 0.1) is 18.4 Å². The Morgan fingerprint density at radius 1 is 1.12 bits per heavy atom. The van der Waals surface area contributed by atoms with Crippen LogP contribution in [0.1, 0.15) is 33.6 Å². The molecule has 2 saturated carbocycles. The number of amides is 1. The molecule has 1 aromatic carbocycles. The predicted molar refractivity (Wildman–Crippen MR) is 95.4 cm³/mol. The van der Waals surface area contributed by atoms with Crippen LogP contribution in [0, 0.1) is 23.7 Å². The van der Waals surface area contributed by atoms with Gasteiger partial charge < -0.3 is 15.2 Å². The number of rotatable bonds is 5. The molecular formula is C20H25NO4. The third-order valence-electron chi connectivity index (χ3n) is 5.44. The highest BCUT2D eigenvalue weighted by Gasteiger charge is 2.57. The third kappa shape index (κ3) is 3.15. The number of nitrogens with one attached hydrogen (secondary N) is 1. The molecule has 134 valence electrons. The predicted octanol–water partition coefficient (Wildman–Crippen LogP) is 3.72. The number of benzene rings is 1. The first-order valence-electron chi connectivity index (χ1n) is 8.87. The van der Waals surface area contributed by atoms with Gasteiger partial charge in [0.15, 0.2) is 0 Å². The second-order valence-electron chi connectivity index (χ2n) is 7.08. The largest absolute Gasteiger partial charge is 0.494 e. The van der Waals surface area contributed by atoms with E-state index >= 15 is 0 Å². The zero-order chi connectivity index (χ0) is 18.1. The van der Waals surface area contributed by atoms with Crippen molar-refractivity contribution in [3.63, 3.8) is 0 Å². The lowest BCUT2D eigenvalue weighted by Gasteiger charge is -2.26. The Labute approximate surface area is 148 Å². The normalized spacial score (nSPS) is 27.2. The number of fused-ring (bicyclic) bond motifs is 2. The van der Waals surface area contributed by atoms with Gasteiger partial charge in [-0.2, -0.15) is 0 Å². The van der Waals surface area contributed by atoms with E-state index in [2.05, 4.69) is 5.32 Å². The number of carboxylic acid groups (broad SMARTS) is 1. The maximum Gasteiger partial charge on any atom is 0.307 e. The lowest BCUT2D eigenvalue weighted by Crippen LogP contribution is -2.37. The van der Waals surface area contributed by atoms with Crippen LogP contribution in [0.2, 0.25) is 0 Å². The molecule has 0 aliphatic heterocycles. The van der Waals surface area contributed by atoms with Crippen LogP contribution >= 0.6 is 0 Å². The molecule has 2 aliphatic rings. The molecule has 2 bridgehead atoms. The molecule has 2 fully saturated rings. The van der Waals surface area contributed by atoms with E-state index < -0.39 is 17.8 Å². The molecule has 0 heterocycles. The van der Waals surface area contributed by atoms with Crippen LogP contribution in [0.3, 0.4) is 0 Å². The lowest BCUT2D eigenvalue weighted by molar-refractivity contribution is -0.148. The molecule has 25 heavy (non-hydrogen) atoms. The molecular weight excluding hydrogens is 318 g/mol. The number of ether oxygens (including phenoxy) is 1. The number of anilines is 1. The van der Waals surface area contributed by atoms with Gasteiger partial charge in [-0.1, -0.05) is 11.1 Å². The Morgan fingerprint density at radius 3 is 2.24 bits per heavy atom. The minimum atomic E-state index is -0.863. The van der Waals surface area contributed by atoms with Crippen molar-refractivity contribution in [3.8, 4) is 5.75 Å². The maximum atomic E-state index is 12.9. The zero-order valence-corrected chi connectivity index (χ0v) is 14.9. The van der Waals surface area contributed by atoms with Crippen molar-refractivity contribution in [3.05, 3.63) is 35.4 Å². The summed E-state index contributed by atoms with van der Waals surface area (Å²) >= 11 is 0. The summed E-state index contributed by atoms with van der Waals surface area (Å²) in [6.07, 6.45) is 1.77. The minimum absolute atomic E-state index is 0.00331. The summed E-state index contributed by atoms with van der Waals surface area (Å²) in [6, 6.07) is 7.17. The van der Waals surface area contributed by atoms with E-state index in [1.807, 2.05) is 20.8 Å². The van der Waals surface area contributed by atoms with Gasteiger partial charge in [-0.15, -0.1) is 0 Å². The Kier molecular flexibility index (Phi) is 4.84. The molecule has 0 saturated heterocycles. The second-order valence-corrected chi connectivity index (χ2v) is 7.08. The average molecular weight is 343 g/mol. The fraction of sp³-hybridized carbons (Fsp3) is 0.500. The third-order valence-corrected chi connectivity index (χ3v) is 5.44. The van der Waals surface area contributed by atoms with Crippen LogP contribution in [0.15, 0.2) is 35.4 Å². The molecule has 4 atom stereocenters. The molecule has 5 nitrogen and oxygen atoms in total. The molecule has 0 spiro atoms. The molecule has 1 aromatic rings. The van der Waals surface area contributed by atoms with Gasteiger partial charge in [0.1, 0.15) is 5.75 Å². The number of carbonyl (C=O) groups is 2. The summed E-state index contributed by atoms with van der Waals surface area (Å²) in [6.45, 7) is 6.54. The van der Waals surface area contributed by atoms with Gasteiger partial charge in [-0.05, 0) is 69.7 Å². The summed E-state index contributed by atoms with van der Waals surface area (Å²) in [5.74, 6) is -1.36. The Hall–Kier alpha value is -2.30. The van der Waals surface area contributed by atoms with Gasteiger partial charge >= 0.3 is 5.97 Å². The molecule has 1 amide bonds. The smallest absolute Gasteiger partial charge is 0.307 e. The van der Waals surface area contributed by atoms with Crippen molar-refractivity contribution >= 4 is 17.6 Å². The maximum absolute atomic E-state index is 12.9. The number of allylic oxidation sites excluding steroid dienone is 2. The summed E-state index contributed by atoms with van der Waals surface area (Å²) < 4.78 is 5.40. The number of hydrogen-bond donors (Lipinski definition) is 2. The van der Waals surface area contributed by atoms with Crippen molar-refractivity contribution in [1.29, 1.82) is 0 Å². The van der Waals surface area contributed by atoms with E-state index in [1.54, 1.807) is 24.3 Å². The summed E-state index contributed by atoms with van der Waals surface area (Å²) in [5.41, 5.74) is 3.02. The fourth-order valence-corrected chi connectivity index (χ4v) is 4.63. The molecule has 0 radical (unpaired) electrons. The zero-order valence-electron chi connectivity index (χ0n) is 14.9. The van der Waals surface area contributed by atoms with E-state index in [0.29, 0.717) is 12.3 Å². The highest BCUT2D eigenvalue weighted by atomic mass is 16.5. The number of carboxylic acids is 1. The van der Waals surface area contributed by atoms with Crippen LogP contribution < -0.4 is 10.1 Å². The number of carbonyl (C=O) groups excluding carboxylic acids is 1.